The molecular weight excluding hydrogens is 516 g/mol. The highest BCUT2D eigenvalue weighted by molar-refractivity contribution is 7.89. The van der Waals surface area contributed by atoms with Crippen LogP contribution in [0.15, 0.2) is 71.6 Å². The Labute approximate surface area is 221 Å². The number of ketones is 1. The first-order valence-corrected chi connectivity index (χ1v) is 13.5. The molecule has 0 radical (unpaired) electrons. The third kappa shape index (κ3) is 5.79. The summed E-state index contributed by atoms with van der Waals surface area (Å²) in [5.74, 6) is -0.523. The second-order valence-electron chi connectivity index (χ2n) is 8.59. The van der Waals surface area contributed by atoms with E-state index in [2.05, 4.69) is 5.32 Å². The number of amides is 1. The average molecular weight is 543 g/mol. The minimum atomic E-state index is -3.88. The van der Waals surface area contributed by atoms with Gasteiger partial charge in [-0.15, -0.1) is 0 Å². The highest BCUT2D eigenvalue weighted by atomic mass is 35.5. The van der Waals surface area contributed by atoms with Crippen LogP contribution in [0.25, 0.3) is 0 Å². The van der Waals surface area contributed by atoms with Crippen LogP contribution >= 0.6 is 11.6 Å². The SMILES string of the molecule is COc1ccc(S(=O)(=O)N2CCC[C@H](C(=O)Nc3ccc(Cl)cc3C(=O)c3ccccc3)C2)cc1OC. The van der Waals surface area contributed by atoms with Gasteiger partial charge in [-0.2, -0.15) is 4.31 Å². The highest BCUT2D eigenvalue weighted by Gasteiger charge is 2.34. The molecule has 8 nitrogen and oxygen atoms in total. The van der Waals surface area contributed by atoms with E-state index in [1.165, 1.54) is 42.8 Å². The van der Waals surface area contributed by atoms with Crippen molar-refractivity contribution >= 4 is 39.0 Å². The molecule has 1 saturated heterocycles. The maximum absolute atomic E-state index is 13.4. The summed E-state index contributed by atoms with van der Waals surface area (Å²) in [5.41, 5.74) is 1.05. The van der Waals surface area contributed by atoms with Gasteiger partial charge in [0.15, 0.2) is 17.3 Å². The van der Waals surface area contributed by atoms with Crippen LogP contribution in [0.5, 0.6) is 11.5 Å². The number of carbonyl (C=O) groups excluding carboxylic acids is 2. The smallest absolute Gasteiger partial charge is 0.243 e. The second-order valence-corrected chi connectivity index (χ2v) is 11.0. The number of hydrogen-bond acceptors (Lipinski definition) is 6. The molecule has 1 fully saturated rings. The van der Waals surface area contributed by atoms with Crippen molar-refractivity contribution in [1.82, 2.24) is 4.31 Å². The number of rotatable bonds is 8. The van der Waals surface area contributed by atoms with Crippen molar-refractivity contribution in [2.75, 3.05) is 32.6 Å². The quantitative estimate of drug-likeness (QED) is 0.416. The molecule has 1 N–H and O–H groups in total. The van der Waals surface area contributed by atoms with E-state index in [0.717, 1.165) is 0 Å². The summed E-state index contributed by atoms with van der Waals surface area (Å²) < 4.78 is 38.5. The molecule has 10 heteroatoms. The molecule has 0 bridgehead atoms. The van der Waals surface area contributed by atoms with Crippen LogP contribution in [0.4, 0.5) is 5.69 Å². The van der Waals surface area contributed by atoms with Crippen molar-refractivity contribution in [3.8, 4) is 11.5 Å². The highest BCUT2D eigenvalue weighted by Crippen LogP contribution is 2.32. The minimum Gasteiger partial charge on any atom is -0.493 e. The topological polar surface area (TPSA) is 102 Å². The lowest BCUT2D eigenvalue weighted by Gasteiger charge is -2.31. The molecule has 1 aliphatic rings. The molecule has 3 aromatic carbocycles. The molecule has 1 heterocycles. The van der Waals surface area contributed by atoms with E-state index >= 15 is 0 Å². The molecule has 0 unspecified atom stereocenters. The molecule has 0 aliphatic carbocycles. The van der Waals surface area contributed by atoms with Crippen molar-refractivity contribution < 1.29 is 27.5 Å². The zero-order valence-electron chi connectivity index (χ0n) is 20.4. The van der Waals surface area contributed by atoms with Crippen molar-refractivity contribution in [2.45, 2.75) is 17.7 Å². The maximum atomic E-state index is 13.4. The fourth-order valence-corrected chi connectivity index (χ4v) is 6.01. The van der Waals surface area contributed by atoms with Crippen LogP contribution in [0.2, 0.25) is 5.02 Å². The molecule has 1 atom stereocenters. The lowest BCUT2D eigenvalue weighted by atomic mass is 9.97. The number of hydrogen-bond donors (Lipinski definition) is 1. The Morgan fingerprint density at radius 1 is 0.973 bits per heavy atom. The summed E-state index contributed by atoms with van der Waals surface area (Å²) in [6.45, 7) is 0.303. The van der Waals surface area contributed by atoms with E-state index in [4.69, 9.17) is 21.1 Å². The van der Waals surface area contributed by atoms with Gasteiger partial charge in [0.1, 0.15) is 0 Å². The Kier molecular flexibility index (Phi) is 8.16. The fraction of sp³-hybridized carbons (Fsp3) is 0.259. The van der Waals surface area contributed by atoms with Crippen LogP contribution in [0.1, 0.15) is 28.8 Å². The summed E-state index contributed by atoms with van der Waals surface area (Å²) in [4.78, 5) is 26.4. The molecule has 3 aromatic rings. The summed E-state index contributed by atoms with van der Waals surface area (Å²) in [6, 6.07) is 17.8. The summed E-state index contributed by atoms with van der Waals surface area (Å²) in [5, 5.41) is 3.19. The number of nitrogens with one attached hydrogen (secondary N) is 1. The molecule has 1 amide bonds. The van der Waals surface area contributed by atoms with E-state index in [1.54, 1.807) is 36.4 Å². The van der Waals surface area contributed by atoms with Gasteiger partial charge in [-0.05, 0) is 43.2 Å². The van der Waals surface area contributed by atoms with Crippen LogP contribution < -0.4 is 14.8 Å². The van der Waals surface area contributed by atoms with Gasteiger partial charge in [0, 0.05) is 35.3 Å². The number of anilines is 1. The zero-order chi connectivity index (χ0) is 26.6. The predicted molar refractivity (Wildman–Crippen MR) is 141 cm³/mol. The van der Waals surface area contributed by atoms with Crippen LogP contribution in [0.3, 0.4) is 0 Å². The van der Waals surface area contributed by atoms with Crippen molar-refractivity contribution in [3.05, 3.63) is 82.9 Å². The number of carbonyl (C=O) groups is 2. The maximum Gasteiger partial charge on any atom is 0.243 e. The molecule has 0 saturated carbocycles. The van der Waals surface area contributed by atoms with E-state index in [9.17, 15) is 18.0 Å². The van der Waals surface area contributed by atoms with Crippen LogP contribution in [0, 0.1) is 5.92 Å². The average Bonchev–Trinajstić information content (AvgIpc) is 2.93. The normalized spacial score (nSPS) is 16.1. The lowest BCUT2D eigenvalue weighted by Crippen LogP contribution is -2.43. The van der Waals surface area contributed by atoms with Crippen molar-refractivity contribution in [3.63, 3.8) is 0 Å². The number of methoxy groups -OCH3 is 2. The number of ether oxygens (including phenoxy) is 2. The zero-order valence-corrected chi connectivity index (χ0v) is 22.0. The molecule has 4 rings (SSSR count). The standard InChI is InChI=1S/C27H27ClN2O6S/c1-35-24-13-11-21(16-25(24)36-2)37(33,34)30-14-6-9-19(17-30)27(32)29-23-12-10-20(28)15-22(23)26(31)18-7-4-3-5-8-18/h3-5,7-8,10-13,15-16,19H,6,9,14,17H2,1-2H3,(H,29,32)/t19-/m0/s1. The van der Waals surface area contributed by atoms with Gasteiger partial charge in [-0.25, -0.2) is 8.42 Å². The fourth-order valence-electron chi connectivity index (χ4n) is 4.29. The van der Waals surface area contributed by atoms with Gasteiger partial charge in [0.25, 0.3) is 0 Å². The molecular formula is C27H27ClN2O6S. The van der Waals surface area contributed by atoms with Gasteiger partial charge >= 0.3 is 0 Å². The molecule has 37 heavy (non-hydrogen) atoms. The Hall–Kier alpha value is -3.40. The van der Waals surface area contributed by atoms with E-state index in [0.29, 0.717) is 47.2 Å². The van der Waals surface area contributed by atoms with Crippen LogP contribution in [-0.2, 0) is 14.8 Å². The third-order valence-corrected chi connectivity index (χ3v) is 8.36. The number of benzene rings is 3. The number of nitrogens with zero attached hydrogens (tertiary/aromatic N) is 1. The first kappa shape index (κ1) is 26.7. The summed E-state index contributed by atoms with van der Waals surface area (Å²) in [6.07, 6.45) is 1.03. The number of piperidine rings is 1. The van der Waals surface area contributed by atoms with Crippen LogP contribution in [-0.4, -0.2) is 51.7 Å². The molecule has 0 aromatic heterocycles. The van der Waals surface area contributed by atoms with E-state index < -0.39 is 15.9 Å². The largest absolute Gasteiger partial charge is 0.493 e. The Bertz CT molecular complexity index is 1410. The van der Waals surface area contributed by atoms with Crippen molar-refractivity contribution in [1.29, 1.82) is 0 Å². The Morgan fingerprint density at radius 3 is 2.41 bits per heavy atom. The summed E-state index contributed by atoms with van der Waals surface area (Å²) >= 11 is 6.15. The molecule has 1 aliphatic heterocycles. The number of halogens is 1. The Morgan fingerprint density at radius 2 is 1.70 bits per heavy atom. The Balaban J connectivity index is 1.54. The first-order valence-electron chi connectivity index (χ1n) is 11.7. The first-order chi connectivity index (χ1) is 17.7. The monoisotopic (exact) mass is 542 g/mol. The molecule has 194 valence electrons. The minimum absolute atomic E-state index is 0.0120. The second kappa shape index (κ2) is 11.3. The van der Waals surface area contributed by atoms with Gasteiger partial charge in [-0.1, -0.05) is 41.9 Å². The third-order valence-electron chi connectivity index (χ3n) is 6.27. The number of sulfonamides is 1. The van der Waals surface area contributed by atoms with E-state index in [1.807, 2.05) is 6.07 Å². The van der Waals surface area contributed by atoms with Gasteiger partial charge in [0.05, 0.1) is 30.7 Å². The van der Waals surface area contributed by atoms with Gasteiger partial charge < -0.3 is 14.8 Å². The van der Waals surface area contributed by atoms with Crippen molar-refractivity contribution in [2.24, 2.45) is 5.92 Å². The lowest BCUT2D eigenvalue weighted by molar-refractivity contribution is -0.120. The van der Waals surface area contributed by atoms with Gasteiger partial charge in [-0.3, -0.25) is 9.59 Å². The summed E-state index contributed by atoms with van der Waals surface area (Å²) in [7, 11) is -0.971. The molecule has 0 spiro atoms. The van der Waals surface area contributed by atoms with Gasteiger partial charge in [0.2, 0.25) is 15.9 Å². The van der Waals surface area contributed by atoms with E-state index in [-0.39, 0.29) is 28.7 Å². The predicted octanol–water partition coefficient (Wildman–Crippen LogP) is 4.63.